The minimum absolute atomic E-state index is 0.173. The van der Waals surface area contributed by atoms with E-state index in [1.165, 1.54) is 38.1 Å². The number of benzene rings is 3. The van der Waals surface area contributed by atoms with Gasteiger partial charge in [0, 0.05) is 39.6 Å². The van der Waals surface area contributed by atoms with Crippen molar-refractivity contribution in [1.29, 1.82) is 0 Å². The molecular formula is C30H27NS. The van der Waals surface area contributed by atoms with E-state index in [9.17, 15) is 0 Å². The Hall–Kier alpha value is -2.97. The van der Waals surface area contributed by atoms with Crippen LogP contribution in [-0.2, 0) is 5.41 Å². The molecule has 0 saturated heterocycles. The van der Waals surface area contributed by atoms with Gasteiger partial charge in [-0.3, -0.25) is 0 Å². The van der Waals surface area contributed by atoms with Crippen LogP contribution >= 0.6 is 11.8 Å². The van der Waals surface area contributed by atoms with Gasteiger partial charge in [0.1, 0.15) is 0 Å². The molecule has 1 spiro atoms. The smallest absolute Gasteiger partial charge is 0.0420 e. The third-order valence-corrected chi connectivity index (χ3v) is 8.41. The molecule has 0 amide bonds. The Morgan fingerprint density at radius 3 is 2.81 bits per heavy atom. The van der Waals surface area contributed by atoms with Crippen molar-refractivity contribution in [1.82, 2.24) is 0 Å². The van der Waals surface area contributed by atoms with Crippen molar-refractivity contribution in [3.63, 3.8) is 0 Å². The van der Waals surface area contributed by atoms with Crippen LogP contribution in [0.15, 0.2) is 108 Å². The molecule has 2 heteroatoms. The standard InChI is InChI=1S/C30H27NS/c1-6-17-30(18-7-1)21-32-29-16-15-23(19-27(29)30)25-12-4-3-10-24(25)20-31-28-14-8-11-22-9-2-5-13-26(22)28/h1-9,11-17,19,24,31H,10,18,20-21H2. The average molecular weight is 434 g/mol. The highest BCUT2D eigenvalue weighted by molar-refractivity contribution is 7.99. The van der Waals surface area contributed by atoms with Gasteiger partial charge in [-0.15, -0.1) is 11.8 Å². The lowest BCUT2D eigenvalue weighted by Crippen LogP contribution is -2.24. The topological polar surface area (TPSA) is 12.0 Å². The van der Waals surface area contributed by atoms with Gasteiger partial charge in [0.2, 0.25) is 0 Å². The summed E-state index contributed by atoms with van der Waals surface area (Å²) in [6, 6.07) is 22.3. The van der Waals surface area contributed by atoms with Gasteiger partial charge in [-0.2, -0.15) is 0 Å². The summed E-state index contributed by atoms with van der Waals surface area (Å²) in [7, 11) is 0. The fourth-order valence-electron chi connectivity index (χ4n) is 5.30. The SMILES string of the molecule is C1=CCC(CNc2cccc3ccccc23)C(c2ccc3c(c2)C2(C=CC=CC2)CS3)=C1. The van der Waals surface area contributed by atoms with Crippen LogP contribution in [0, 0.1) is 5.92 Å². The molecule has 0 radical (unpaired) electrons. The van der Waals surface area contributed by atoms with Gasteiger partial charge in [0.25, 0.3) is 0 Å². The first-order chi connectivity index (χ1) is 15.8. The van der Waals surface area contributed by atoms with Crippen LogP contribution in [0.25, 0.3) is 16.3 Å². The van der Waals surface area contributed by atoms with Crippen molar-refractivity contribution in [3.8, 4) is 0 Å². The Morgan fingerprint density at radius 1 is 0.938 bits per heavy atom. The summed E-state index contributed by atoms with van der Waals surface area (Å²) in [4.78, 5) is 1.45. The molecule has 32 heavy (non-hydrogen) atoms. The summed E-state index contributed by atoms with van der Waals surface area (Å²) < 4.78 is 0. The first-order valence-corrected chi connectivity index (χ1v) is 12.5. The molecule has 2 unspecified atom stereocenters. The maximum atomic E-state index is 3.77. The lowest BCUT2D eigenvalue weighted by Gasteiger charge is -2.28. The number of allylic oxidation sites excluding steroid dienone is 7. The number of thioether (sulfide) groups is 1. The second-order valence-corrected chi connectivity index (χ2v) is 10.1. The molecule has 3 aromatic rings. The average Bonchev–Trinajstić information content (AvgIpc) is 3.20. The van der Waals surface area contributed by atoms with Crippen molar-refractivity contribution in [3.05, 3.63) is 114 Å². The van der Waals surface area contributed by atoms with Crippen molar-refractivity contribution >= 4 is 33.8 Å². The summed E-state index contributed by atoms with van der Waals surface area (Å²) >= 11 is 2.01. The molecule has 3 aliphatic rings. The minimum Gasteiger partial charge on any atom is -0.384 e. The van der Waals surface area contributed by atoms with E-state index in [2.05, 4.69) is 109 Å². The fraction of sp³-hybridized carbons (Fsp3) is 0.200. The van der Waals surface area contributed by atoms with Gasteiger partial charge in [0.15, 0.2) is 0 Å². The maximum Gasteiger partial charge on any atom is 0.0420 e. The molecule has 1 N–H and O–H groups in total. The summed E-state index contributed by atoms with van der Waals surface area (Å²) in [5, 5.41) is 6.34. The third-order valence-electron chi connectivity index (χ3n) is 7.08. The van der Waals surface area contributed by atoms with Crippen molar-refractivity contribution < 1.29 is 0 Å². The van der Waals surface area contributed by atoms with Gasteiger partial charge >= 0.3 is 0 Å². The highest BCUT2D eigenvalue weighted by Crippen LogP contribution is 2.49. The number of hydrogen-bond acceptors (Lipinski definition) is 2. The number of hydrogen-bond donors (Lipinski definition) is 1. The van der Waals surface area contributed by atoms with Crippen molar-refractivity contribution in [2.24, 2.45) is 5.92 Å². The van der Waals surface area contributed by atoms with E-state index in [1.54, 1.807) is 0 Å². The minimum atomic E-state index is 0.173. The third kappa shape index (κ3) is 3.43. The van der Waals surface area contributed by atoms with E-state index < -0.39 is 0 Å². The monoisotopic (exact) mass is 433 g/mol. The van der Waals surface area contributed by atoms with E-state index in [0.717, 1.165) is 25.1 Å². The van der Waals surface area contributed by atoms with Crippen molar-refractivity contribution in [2.75, 3.05) is 17.6 Å². The number of anilines is 1. The summed E-state index contributed by atoms with van der Waals surface area (Å²) in [5.41, 5.74) is 5.73. The Balaban J connectivity index is 1.28. The molecular weight excluding hydrogens is 406 g/mol. The molecule has 158 valence electrons. The van der Waals surface area contributed by atoms with Crippen molar-refractivity contribution in [2.45, 2.75) is 23.2 Å². The molecule has 0 bridgehead atoms. The zero-order valence-corrected chi connectivity index (χ0v) is 18.9. The van der Waals surface area contributed by atoms with Crippen LogP contribution in [0.2, 0.25) is 0 Å². The molecule has 3 aromatic carbocycles. The molecule has 1 nitrogen and oxygen atoms in total. The largest absolute Gasteiger partial charge is 0.384 e. The van der Waals surface area contributed by atoms with Crippen LogP contribution < -0.4 is 5.32 Å². The van der Waals surface area contributed by atoms with E-state index in [0.29, 0.717) is 5.92 Å². The normalized spacial score (nSPS) is 23.5. The molecule has 2 aliphatic carbocycles. The lowest BCUT2D eigenvalue weighted by molar-refractivity contribution is 0.613. The highest BCUT2D eigenvalue weighted by Gasteiger charge is 2.37. The quantitative estimate of drug-likeness (QED) is 0.451. The van der Waals surface area contributed by atoms with Crippen LogP contribution in [0.4, 0.5) is 5.69 Å². The second-order valence-electron chi connectivity index (χ2n) is 9.04. The Kier molecular flexibility index (Phi) is 5.04. The zero-order valence-electron chi connectivity index (χ0n) is 18.1. The lowest BCUT2D eigenvalue weighted by atomic mass is 9.76. The molecule has 0 fully saturated rings. The van der Waals surface area contributed by atoms with E-state index >= 15 is 0 Å². The van der Waals surface area contributed by atoms with Gasteiger partial charge in [-0.25, -0.2) is 0 Å². The molecule has 6 rings (SSSR count). The van der Waals surface area contributed by atoms with E-state index in [4.69, 9.17) is 0 Å². The highest BCUT2D eigenvalue weighted by atomic mass is 32.2. The first kappa shape index (κ1) is 19.7. The van der Waals surface area contributed by atoms with Gasteiger partial charge in [0.05, 0.1) is 0 Å². The fourth-order valence-corrected chi connectivity index (χ4v) is 6.66. The first-order valence-electron chi connectivity index (χ1n) is 11.5. The molecule has 2 atom stereocenters. The van der Waals surface area contributed by atoms with Crippen LogP contribution in [0.5, 0.6) is 0 Å². The van der Waals surface area contributed by atoms with Gasteiger partial charge in [-0.1, -0.05) is 85.0 Å². The maximum absolute atomic E-state index is 3.77. The van der Waals surface area contributed by atoms with Gasteiger partial charge < -0.3 is 5.32 Å². The molecule has 1 heterocycles. The van der Waals surface area contributed by atoms with Crippen LogP contribution in [0.3, 0.4) is 0 Å². The summed E-state index contributed by atoms with van der Waals surface area (Å²) in [6.45, 7) is 0.934. The number of rotatable bonds is 4. The Labute approximate surface area is 194 Å². The predicted molar refractivity (Wildman–Crippen MR) is 139 cm³/mol. The summed E-state index contributed by atoms with van der Waals surface area (Å²) in [5.74, 6) is 1.61. The Bertz CT molecular complexity index is 1290. The predicted octanol–water partition coefficient (Wildman–Crippen LogP) is 7.77. The molecule has 1 aliphatic heterocycles. The van der Waals surface area contributed by atoms with Crippen LogP contribution in [-0.4, -0.2) is 12.3 Å². The van der Waals surface area contributed by atoms with E-state index in [-0.39, 0.29) is 5.41 Å². The zero-order chi connectivity index (χ0) is 21.4. The summed E-state index contributed by atoms with van der Waals surface area (Å²) in [6.07, 6.45) is 18.2. The molecule has 0 aromatic heterocycles. The van der Waals surface area contributed by atoms with Gasteiger partial charge in [-0.05, 0) is 53.1 Å². The Morgan fingerprint density at radius 2 is 1.88 bits per heavy atom. The van der Waals surface area contributed by atoms with Crippen LogP contribution in [0.1, 0.15) is 24.0 Å². The number of nitrogens with one attached hydrogen (secondary N) is 1. The second kappa shape index (κ2) is 8.18. The number of fused-ring (bicyclic) bond motifs is 3. The van der Waals surface area contributed by atoms with E-state index in [1.807, 2.05) is 11.8 Å². The molecule has 0 saturated carbocycles.